The van der Waals surface area contributed by atoms with Crippen molar-refractivity contribution < 1.29 is 29.8 Å². The lowest BCUT2D eigenvalue weighted by atomic mass is 10.1. The van der Waals surface area contributed by atoms with Crippen molar-refractivity contribution in [2.75, 3.05) is 6.61 Å². The van der Waals surface area contributed by atoms with Crippen LogP contribution in [0.15, 0.2) is 0 Å². The quantitative estimate of drug-likeness (QED) is 0.332. The van der Waals surface area contributed by atoms with Gasteiger partial charge in [-0.05, 0) is 13.3 Å². The average molecular weight is 345 g/mol. The largest absolute Gasteiger partial charge is 0.312 e. The van der Waals surface area contributed by atoms with Gasteiger partial charge in [0.1, 0.15) is 18.8 Å². The van der Waals surface area contributed by atoms with Crippen LogP contribution in [0.4, 0.5) is 0 Å². The van der Waals surface area contributed by atoms with Crippen LogP contribution in [0.2, 0.25) is 0 Å². The lowest BCUT2D eigenvalue weighted by molar-refractivity contribution is -0.789. The molecule has 1 fully saturated rings. The third-order valence-corrected chi connectivity index (χ3v) is 6.02. The molecule has 12 nitrogen and oxygen atoms in total. The zero-order chi connectivity index (χ0) is 16.0. The molecule has 1 rings (SSSR count). The molecule has 0 radical (unpaired) electrons. The van der Waals surface area contributed by atoms with Crippen LogP contribution in [0.1, 0.15) is 13.3 Å². The minimum atomic E-state index is -1.14. The van der Waals surface area contributed by atoms with Gasteiger partial charge in [-0.1, -0.05) is 21.6 Å². The smallest absolute Gasteiger partial charge is 0.294 e. The average Bonchev–Trinajstić information content (AvgIpc) is 2.82. The highest BCUT2D eigenvalue weighted by Crippen LogP contribution is 2.47. The number of hydrogen-bond acceptors (Lipinski definition) is 11. The molecule has 21 heavy (non-hydrogen) atoms. The lowest BCUT2D eigenvalue weighted by Crippen LogP contribution is -2.35. The monoisotopic (exact) mass is 345 g/mol. The van der Waals surface area contributed by atoms with Gasteiger partial charge in [0.25, 0.3) is 15.3 Å². The van der Waals surface area contributed by atoms with Crippen LogP contribution in [0.25, 0.3) is 0 Å². The summed E-state index contributed by atoms with van der Waals surface area (Å²) in [4.78, 5) is 43.7. The van der Waals surface area contributed by atoms with Crippen LogP contribution in [0, 0.1) is 30.3 Å². The molecule has 1 aliphatic heterocycles. The van der Waals surface area contributed by atoms with E-state index in [2.05, 4.69) is 14.5 Å². The molecule has 0 spiro atoms. The van der Waals surface area contributed by atoms with E-state index < -0.39 is 39.3 Å². The highest BCUT2D eigenvalue weighted by Gasteiger charge is 2.38. The third-order valence-electron chi connectivity index (χ3n) is 2.52. The molecule has 120 valence electrons. The fourth-order valence-electron chi connectivity index (χ4n) is 1.59. The summed E-state index contributed by atoms with van der Waals surface area (Å²) in [5.41, 5.74) is 0. The molecule has 0 aromatic heterocycles. The van der Waals surface area contributed by atoms with Gasteiger partial charge in [0.05, 0.1) is 0 Å². The first-order valence-corrected chi connectivity index (χ1v) is 7.79. The van der Waals surface area contributed by atoms with Crippen molar-refractivity contribution in [1.29, 1.82) is 0 Å². The summed E-state index contributed by atoms with van der Waals surface area (Å²) in [5, 5.41) is 27.0. The SMILES string of the molecule is CC(O[N+](=O)[O-])C1CC(C(CO[N+](=O)[O-])O[N+](=O)[O-])SS1. The van der Waals surface area contributed by atoms with Gasteiger partial charge in [-0.25, -0.2) is 0 Å². The van der Waals surface area contributed by atoms with Gasteiger partial charge in [0, 0.05) is 10.5 Å². The van der Waals surface area contributed by atoms with Crippen molar-refractivity contribution >= 4 is 21.6 Å². The highest BCUT2D eigenvalue weighted by molar-refractivity contribution is 8.77. The van der Waals surface area contributed by atoms with Crippen LogP contribution in [0.5, 0.6) is 0 Å². The van der Waals surface area contributed by atoms with Crippen LogP contribution in [-0.2, 0) is 14.5 Å². The molecular weight excluding hydrogens is 334 g/mol. The third kappa shape index (κ3) is 6.07. The molecule has 0 aliphatic carbocycles. The van der Waals surface area contributed by atoms with Gasteiger partial charge in [0.15, 0.2) is 0 Å². The Hall–Kier alpha value is -1.70. The summed E-state index contributed by atoms with van der Waals surface area (Å²) in [7, 11) is 2.44. The van der Waals surface area contributed by atoms with E-state index in [-0.39, 0.29) is 5.25 Å². The molecule has 1 saturated heterocycles. The maximum atomic E-state index is 10.4. The Morgan fingerprint density at radius 2 is 1.62 bits per heavy atom. The first-order valence-electron chi connectivity index (χ1n) is 5.51. The predicted octanol–water partition coefficient (Wildman–Crippen LogP) is 0.891. The molecule has 0 bridgehead atoms. The Kier molecular flexibility index (Phi) is 6.54. The summed E-state index contributed by atoms with van der Waals surface area (Å²) in [6.45, 7) is 0.906. The molecule has 1 heterocycles. The highest BCUT2D eigenvalue weighted by atomic mass is 33.1. The normalized spacial score (nSPS) is 23.9. The predicted molar refractivity (Wildman–Crippen MR) is 69.7 cm³/mol. The van der Waals surface area contributed by atoms with E-state index in [0.29, 0.717) is 6.42 Å². The maximum Gasteiger partial charge on any atom is 0.294 e. The van der Waals surface area contributed by atoms with Gasteiger partial charge in [-0.15, -0.1) is 30.3 Å². The Labute approximate surface area is 125 Å². The fourth-order valence-corrected chi connectivity index (χ4v) is 5.19. The summed E-state index contributed by atoms with van der Waals surface area (Å²) >= 11 is 0. The molecule has 0 amide bonds. The molecule has 4 unspecified atom stereocenters. The fraction of sp³-hybridized carbons (Fsp3) is 1.00. The van der Waals surface area contributed by atoms with E-state index in [4.69, 9.17) is 0 Å². The van der Waals surface area contributed by atoms with Crippen LogP contribution >= 0.6 is 21.6 Å². The second-order valence-electron chi connectivity index (χ2n) is 3.93. The van der Waals surface area contributed by atoms with E-state index in [1.807, 2.05) is 0 Å². The van der Waals surface area contributed by atoms with Crippen molar-refractivity contribution in [1.82, 2.24) is 0 Å². The molecule has 0 aromatic carbocycles. The van der Waals surface area contributed by atoms with E-state index >= 15 is 0 Å². The van der Waals surface area contributed by atoms with Crippen molar-refractivity contribution in [3.05, 3.63) is 30.3 Å². The van der Waals surface area contributed by atoms with Gasteiger partial charge in [-0.2, -0.15) is 0 Å². The Bertz CT molecular complexity index is 411. The molecular formula is C7H11N3O9S2. The molecule has 0 saturated carbocycles. The van der Waals surface area contributed by atoms with Crippen LogP contribution in [0.3, 0.4) is 0 Å². The minimum absolute atomic E-state index is 0.293. The minimum Gasteiger partial charge on any atom is -0.312 e. The number of rotatable bonds is 9. The van der Waals surface area contributed by atoms with Gasteiger partial charge < -0.3 is 14.5 Å². The van der Waals surface area contributed by atoms with Gasteiger partial charge in [-0.3, -0.25) is 0 Å². The van der Waals surface area contributed by atoms with E-state index in [9.17, 15) is 30.3 Å². The van der Waals surface area contributed by atoms with Crippen molar-refractivity contribution in [3.8, 4) is 0 Å². The van der Waals surface area contributed by atoms with Crippen molar-refractivity contribution in [2.45, 2.75) is 36.1 Å². The molecule has 0 N–H and O–H groups in total. The van der Waals surface area contributed by atoms with Crippen LogP contribution < -0.4 is 0 Å². The first kappa shape index (κ1) is 17.4. The molecule has 14 heteroatoms. The summed E-state index contributed by atoms with van der Waals surface area (Å²) in [5.74, 6) is 0. The van der Waals surface area contributed by atoms with Crippen molar-refractivity contribution in [3.63, 3.8) is 0 Å². The van der Waals surface area contributed by atoms with Crippen LogP contribution in [-0.4, -0.2) is 44.6 Å². The molecule has 4 atom stereocenters. The Balaban J connectivity index is 2.57. The molecule has 1 aliphatic rings. The molecule has 0 aromatic rings. The maximum absolute atomic E-state index is 10.4. The zero-order valence-electron chi connectivity index (χ0n) is 10.6. The van der Waals surface area contributed by atoms with Gasteiger partial charge >= 0.3 is 0 Å². The zero-order valence-corrected chi connectivity index (χ0v) is 12.2. The van der Waals surface area contributed by atoms with E-state index in [1.54, 1.807) is 0 Å². The summed E-state index contributed by atoms with van der Waals surface area (Å²) < 4.78 is 0. The van der Waals surface area contributed by atoms with Gasteiger partial charge in [0.2, 0.25) is 0 Å². The number of nitrogens with zero attached hydrogens (tertiary/aromatic N) is 3. The number of hydrogen-bond donors (Lipinski definition) is 0. The second-order valence-corrected chi connectivity index (χ2v) is 6.68. The second kappa shape index (κ2) is 7.92. The topological polar surface area (TPSA) is 157 Å². The Morgan fingerprint density at radius 1 is 1.05 bits per heavy atom. The van der Waals surface area contributed by atoms with E-state index in [0.717, 1.165) is 0 Å². The lowest BCUT2D eigenvalue weighted by Gasteiger charge is -2.20. The standard InChI is InChI=1S/C7H11N3O9S2/c1-4(18-9(13)14)6-2-7(21-20-6)5(19-10(15)16)3-17-8(11)12/h4-7H,2-3H2,1H3. The van der Waals surface area contributed by atoms with Crippen molar-refractivity contribution in [2.24, 2.45) is 0 Å². The summed E-state index contributed by atoms with van der Waals surface area (Å²) in [6.07, 6.45) is -1.56. The first-order chi connectivity index (χ1) is 9.79. The summed E-state index contributed by atoms with van der Waals surface area (Å²) in [6, 6.07) is 0. The Morgan fingerprint density at radius 3 is 2.14 bits per heavy atom. The van der Waals surface area contributed by atoms with E-state index in [1.165, 1.54) is 28.5 Å².